The fourth-order valence-corrected chi connectivity index (χ4v) is 1.23. The number of carbonyl (C=O) groups is 2. The van der Waals surface area contributed by atoms with Crippen LogP contribution in [0.15, 0.2) is 30.1 Å². The van der Waals surface area contributed by atoms with Gasteiger partial charge in [0.1, 0.15) is 5.70 Å². The van der Waals surface area contributed by atoms with E-state index in [-0.39, 0.29) is 11.6 Å². The molecule has 2 heterocycles. The van der Waals surface area contributed by atoms with Crippen molar-refractivity contribution < 1.29 is 9.59 Å². The molecule has 1 saturated heterocycles. The Kier molecular flexibility index (Phi) is 2.21. The van der Waals surface area contributed by atoms with Crippen molar-refractivity contribution in [1.29, 1.82) is 0 Å². The zero-order chi connectivity index (χ0) is 10.8. The predicted molar refractivity (Wildman–Crippen MR) is 53.5 cm³/mol. The Labute approximate surface area is 86.4 Å². The zero-order valence-corrected chi connectivity index (χ0v) is 8.10. The lowest BCUT2D eigenvalue weighted by Crippen LogP contribution is -2.25. The van der Waals surface area contributed by atoms with E-state index >= 15 is 0 Å². The van der Waals surface area contributed by atoms with Gasteiger partial charge >= 0.3 is 6.03 Å². The Bertz CT molecular complexity index is 439. The summed E-state index contributed by atoms with van der Waals surface area (Å²) in [5, 5.41) is 2.46. The number of urea groups is 1. The van der Waals surface area contributed by atoms with Crippen LogP contribution < -0.4 is 5.32 Å². The molecule has 3 amide bonds. The minimum absolute atomic E-state index is 0.251. The Morgan fingerprint density at radius 1 is 1.40 bits per heavy atom. The minimum atomic E-state index is -0.415. The van der Waals surface area contributed by atoms with E-state index in [1.165, 1.54) is 7.05 Å². The van der Waals surface area contributed by atoms with Crippen LogP contribution in [0.3, 0.4) is 0 Å². The summed E-state index contributed by atoms with van der Waals surface area (Å²) in [5.74, 6) is -0.342. The number of hydrogen-bond donors (Lipinski definition) is 1. The Morgan fingerprint density at radius 2 is 2.20 bits per heavy atom. The first-order valence-electron chi connectivity index (χ1n) is 4.40. The summed E-state index contributed by atoms with van der Waals surface area (Å²) in [6.45, 7) is 0. The number of rotatable bonds is 1. The van der Waals surface area contributed by atoms with Crippen molar-refractivity contribution in [2.45, 2.75) is 0 Å². The average molecular weight is 203 g/mol. The maximum absolute atomic E-state index is 11.5. The largest absolute Gasteiger partial charge is 0.328 e. The molecule has 0 aromatic carbocycles. The molecular weight excluding hydrogens is 194 g/mol. The Morgan fingerprint density at radius 3 is 2.73 bits per heavy atom. The van der Waals surface area contributed by atoms with E-state index in [0.29, 0.717) is 5.69 Å². The van der Waals surface area contributed by atoms with Gasteiger partial charge in [0, 0.05) is 13.2 Å². The summed E-state index contributed by atoms with van der Waals surface area (Å²) in [6.07, 6.45) is 3.17. The van der Waals surface area contributed by atoms with Gasteiger partial charge in [-0.05, 0) is 18.2 Å². The fraction of sp³-hybridized carbons (Fsp3) is 0.100. The van der Waals surface area contributed by atoms with E-state index in [0.717, 1.165) is 4.90 Å². The highest BCUT2D eigenvalue weighted by Crippen LogP contribution is 2.10. The summed E-state index contributed by atoms with van der Waals surface area (Å²) in [6, 6.07) is 4.93. The maximum atomic E-state index is 11.5. The monoisotopic (exact) mass is 203 g/mol. The number of nitrogens with zero attached hydrogens (tertiary/aromatic N) is 2. The van der Waals surface area contributed by atoms with Crippen molar-refractivity contribution in [3.8, 4) is 0 Å². The van der Waals surface area contributed by atoms with Crippen LogP contribution in [-0.4, -0.2) is 28.9 Å². The number of likely N-dealkylation sites (N-methyl/N-ethyl adjacent to an activating group) is 1. The Hall–Kier alpha value is -2.17. The van der Waals surface area contributed by atoms with E-state index in [1.54, 1.807) is 24.4 Å². The normalized spacial score (nSPS) is 18.5. The third-order valence-corrected chi connectivity index (χ3v) is 2.06. The van der Waals surface area contributed by atoms with E-state index in [4.69, 9.17) is 0 Å². The molecule has 5 nitrogen and oxygen atoms in total. The summed E-state index contributed by atoms with van der Waals surface area (Å²) < 4.78 is 0. The second-order valence-electron chi connectivity index (χ2n) is 3.11. The highest BCUT2D eigenvalue weighted by Gasteiger charge is 2.29. The van der Waals surface area contributed by atoms with Crippen molar-refractivity contribution in [3.63, 3.8) is 0 Å². The maximum Gasteiger partial charge on any atom is 0.328 e. The number of amides is 3. The average Bonchev–Trinajstić information content (AvgIpc) is 2.48. The van der Waals surface area contributed by atoms with Gasteiger partial charge in [0.2, 0.25) is 0 Å². The first-order valence-corrected chi connectivity index (χ1v) is 4.40. The van der Waals surface area contributed by atoms with Gasteiger partial charge in [-0.1, -0.05) is 6.07 Å². The van der Waals surface area contributed by atoms with Crippen molar-refractivity contribution in [2.75, 3.05) is 7.05 Å². The number of nitrogens with one attached hydrogen (secondary N) is 1. The van der Waals surface area contributed by atoms with Crippen LogP contribution in [0.5, 0.6) is 0 Å². The minimum Gasteiger partial charge on any atom is -0.303 e. The molecule has 0 aliphatic carbocycles. The van der Waals surface area contributed by atoms with Crippen molar-refractivity contribution in [1.82, 2.24) is 15.2 Å². The molecule has 0 atom stereocenters. The van der Waals surface area contributed by atoms with E-state index < -0.39 is 6.03 Å². The number of aromatic nitrogens is 1. The standard InChI is InChI=1S/C10H9N3O2/c1-13-9(14)8(12-10(13)15)6-7-4-2-3-5-11-7/h2-6H,1H3,(H,12,15)/b8-6+. The van der Waals surface area contributed by atoms with Gasteiger partial charge in [0.05, 0.1) is 5.69 Å². The quantitative estimate of drug-likeness (QED) is 0.537. The molecule has 1 aliphatic rings. The second-order valence-corrected chi connectivity index (χ2v) is 3.11. The molecule has 5 heteroatoms. The molecular formula is C10H9N3O2. The number of hydrogen-bond acceptors (Lipinski definition) is 3. The van der Waals surface area contributed by atoms with Crippen molar-refractivity contribution in [3.05, 3.63) is 35.8 Å². The van der Waals surface area contributed by atoms with Crippen LogP contribution in [0.4, 0.5) is 4.79 Å². The SMILES string of the molecule is CN1C(=O)N/C(=C/c2ccccn2)C1=O. The molecule has 0 bridgehead atoms. The van der Waals surface area contributed by atoms with Crippen LogP contribution in [0.2, 0.25) is 0 Å². The molecule has 2 rings (SSSR count). The molecule has 0 unspecified atom stereocenters. The molecule has 0 radical (unpaired) electrons. The lowest BCUT2D eigenvalue weighted by Gasteiger charge is -1.99. The van der Waals surface area contributed by atoms with Gasteiger partial charge in [0.15, 0.2) is 0 Å². The molecule has 1 aromatic rings. The second kappa shape index (κ2) is 3.53. The van der Waals surface area contributed by atoms with Gasteiger partial charge in [-0.25, -0.2) is 4.79 Å². The van der Waals surface area contributed by atoms with Crippen molar-refractivity contribution >= 4 is 18.0 Å². The van der Waals surface area contributed by atoms with Crippen LogP contribution in [-0.2, 0) is 4.79 Å². The number of carbonyl (C=O) groups excluding carboxylic acids is 2. The molecule has 0 saturated carbocycles. The number of pyridine rings is 1. The van der Waals surface area contributed by atoms with Crippen molar-refractivity contribution in [2.24, 2.45) is 0 Å². The number of imide groups is 1. The summed E-state index contributed by atoms with van der Waals surface area (Å²) in [5.41, 5.74) is 0.887. The molecule has 1 N–H and O–H groups in total. The van der Waals surface area contributed by atoms with E-state index in [2.05, 4.69) is 10.3 Å². The fourth-order valence-electron chi connectivity index (χ4n) is 1.23. The lowest BCUT2D eigenvalue weighted by atomic mass is 10.3. The van der Waals surface area contributed by atoms with E-state index in [9.17, 15) is 9.59 Å². The highest BCUT2D eigenvalue weighted by molar-refractivity contribution is 6.13. The molecule has 1 aromatic heterocycles. The van der Waals surface area contributed by atoms with Crippen LogP contribution >= 0.6 is 0 Å². The summed E-state index contributed by atoms with van der Waals surface area (Å²) in [4.78, 5) is 27.6. The summed E-state index contributed by atoms with van der Waals surface area (Å²) in [7, 11) is 1.43. The third kappa shape index (κ3) is 1.71. The molecule has 15 heavy (non-hydrogen) atoms. The van der Waals surface area contributed by atoms with Crippen LogP contribution in [0, 0.1) is 0 Å². The lowest BCUT2D eigenvalue weighted by molar-refractivity contribution is -0.121. The molecule has 0 spiro atoms. The van der Waals surface area contributed by atoms with Crippen LogP contribution in [0.1, 0.15) is 5.69 Å². The smallest absolute Gasteiger partial charge is 0.303 e. The predicted octanol–water partition coefficient (Wildman–Crippen LogP) is 0.604. The third-order valence-electron chi connectivity index (χ3n) is 2.06. The van der Waals surface area contributed by atoms with Gasteiger partial charge in [-0.2, -0.15) is 0 Å². The Balaban J connectivity index is 2.30. The van der Waals surface area contributed by atoms with Gasteiger partial charge in [0.25, 0.3) is 5.91 Å². The van der Waals surface area contributed by atoms with Gasteiger partial charge in [-0.15, -0.1) is 0 Å². The van der Waals surface area contributed by atoms with Gasteiger partial charge < -0.3 is 5.32 Å². The first-order chi connectivity index (χ1) is 7.18. The topological polar surface area (TPSA) is 62.3 Å². The highest BCUT2D eigenvalue weighted by atomic mass is 16.2. The molecule has 1 aliphatic heterocycles. The summed E-state index contributed by atoms with van der Waals surface area (Å²) >= 11 is 0. The van der Waals surface area contributed by atoms with Crippen LogP contribution in [0.25, 0.3) is 6.08 Å². The molecule has 1 fully saturated rings. The molecule has 76 valence electrons. The first kappa shape index (κ1) is 9.39. The van der Waals surface area contributed by atoms with E-state index in [1.807, 2.05) is 6.07 Å². The van der Waals surface area contributed by atoms with Gasteiger partial charge in [-0.3, -0.25) is 14.7 Å². The zero-order valence-electron chi connectivity index (χ0n) is 8.10.